The molecule has 2 amide bonds. The molecule has 1 heterocycles. The molecule has 2 aromatic rings. The molecule has 7 nitrogen and oxygen atoms in total. The first-order valence-corrected chi connectivity index (χ1v) is 11.0. The number of thiocarbonyl (C=S) groups is 1. The van der Waals surface area contributed by atoms with Gasteiger partial charge in [0.05, 0.1) is 24.7 Å². The largest absolute Gasteiger partial charge is 0.480 e. The standard InChI is InChI=1S/C19H10Br2Cl2N2O5S/c20-10-5-8(6-11(21)16(10)30-7-14(26)27)4-9-17(28)24-19(31)25(18(9)29)13-3-1-2-12(22)15(13)23/h1-6H,7H2,(H,26,27)(H,24,28,31)/b9-4+. The number of aliphatic carboxylic acids is 1. The van der Waals surface area contributed by atoms with Crippen LogP contribution < -0.4 is 15.0 Å². The van der Waals surface area contributed by atoms with Gasteiger partial charge < -0.3 is 9.84 Å². The molecule has 0 bridgehead atoms. The molecule has 1 aliphatic rings. The van der Waals surface area contributed by atoms with Crippen LogP contribution in [0.1, 0.15) is 5.56 Å². The van der Waals surface area contributed by atoms with E-state index in [1.807, 2.05) is 0 Å². The van der Waals surface area contributed by atoms with Crippen molar-refractivity contribution < 1.29 is 24.2 Å². The molecular formula is C19H10Br2Cl2N2O5S. The minimum atomic E-state index is -1.13. The van der Waals surface area contributed by atoms with Gasteiger partial charge in [-0.1, -0.05) is 29.3 Å². The molecule has 12 heteroatoms. The van der Waals surface area contributed by atoms with Gasteiger partial charge >= 0.3 is 5.97 Å². The van der Waals surface area contributed by atoms with Gasteiger partial charge in [-0.3, -0.25) is 19.8 Å². The minimum Gasteiger partial charge on any atom is -0.480 e. The summed E-state index contributed by atoms with van der Waals surface area (Å²) in [6.45, 7) is -0.536. The third-order valence-electron chi connectivity index (χ3n) is 3.95. The van der Waals surface area contributed by atoms with E-state index in [1.165, 1.54) is 6.08 Å². The fourth-order valence-corrected chi connectivity index (χ4v) is 4.75. The van der Waals surface area contributed by atoms with E-state index in [0.717, 1.165) is 4.90 Å². The maximum absolute atomic E-state index is 13.1. The first-order valence-electron chi connectivity index (χ1n) is 8.29. The Hall–Kier alpha value is -1.98. The van der Waals surface area contributed by atoms with Crippen LogP contribution in [0.5, 0.6) is 5.75 Å². The van der Waals surface area contributed by atoms with Crippen molar-refractivity contribution >= 4 is 102 Å². The first kappa shape index (κ1) is 23.7. The summed E-state index contributed by atoms with van der Waals surface area (Å²) in [5, 5.41) is 11.5. The van der Waals surface area contributed by atoms with Gasteiger partial charge in [0.1, 0.15) is 11.3 Å². The number of ether oxygens (including phenoxy) is 1. The number of nitrogens with one attached hydrogen (secondary N) is 1. The Labute approximate surface area is 208 Å². The topological polar surface area (TPSA) is 95.9 Å². The number of hydrogen-bond donors (Lipinski definition) is 2. The number of halogens is 4. The molecule has 2 aromatic carbocycles. The van der Waals surface area contributed by atoms with Gasteiger partial charge in [-0.15, -0.1) is 0 Å². The molecule has 3 rings (SSSR count). The number of carboxylic acid groups (broad SMARTS) is 1. The summed E-state index contributed by atoms with van der Waals surface area (Å²) >= 11 is 24.0. The molecule has 1 aliphatic heterocycles. The summed E-state index contributed by atoms with van der Waals surface area (Å²) in [4.78, 5) is 37.4. The third-order valence-corrected chi connectivity index (χ3v) is 6.22. The molecule has 0 unspecified atom stereocenters. The monoisotopic (exact) mass is 606 g/mol. The SMILES string of the molecule is O=C(O)COc1c(Br)cc(/C=C2\C(=O)NC(=S)N(c3cccc(Cl)c3Cl)C2=O)cc1Br. The van der Waals surface area contributed by atoms with E-state index in [4.69, 9.17) is 45.3 Å². The summed E-state index contributed by atoms with van der Waals surface area (Å²) in [6.07, 6.45) is 1.36. The van der Waals surface area contributed by atoms with Crippen molar-refractivity contribution in [2.24, 2.45) is 0 Å². The molecule has 160 valence electrons. The smallest absolute Gasteiger partial charge is 0.341 e. The zero-order chi connectivity index (χ0) is 22.9. The summed E-state index contributed by atoms with van der Waals surface area (Å²) < 4.78 is 6.06. The van der Waals surface area contributed by atoms with Gasteiger partial charge in [0, 0.05) is 0 Å². The van der Waals surface area contributed by atoms with Crippen molar-refractivity contribution in [3.05, 3.63) is 60.5 Å². The highest BCUT2D eigenvalue weighted by Crippen LogP contribution is 2.37. The van der Waals surface area contributed by atoms with Crippen LogP contribution in [0.2, 0.25) is 10.0 Å². The lowest BCUT2D eigenvalue weighted by Gasteiger charge is -2.29. The van der Waals surface area contributed by atoms with Gasteiger partial charge in [-0.2, -0.15) is 0 Å². The Bertz CT molecular complexity index is 1150. The Morgan fingerprint density at radius 1 is 1.23 bits per heavy atom. The van der Waals surface area contributed by atoms with Crippen LogP contribution in [0.25, 0.3) is 6.08 Å². The highest BCUT2D eigenvalue weighted by atomic mass is 79.9. The predicted molar refractivity (Wildman–Crippen MR) is 128 cm³/mol. The van der Waals surface area contributed by atoms with Crippen molar-refractivity contribution in [2.75, 3.05) is 11.5 Å². The van der Waals surface area contributed by atoms with Crippen LogP contribution >= 0.6 is 67.3 Å². The minimum absolute atomic E-state index is 0.112. The normalized spacial score (nSPS) is 15.3. The molecule has 0 radical (unpaired) electrons. The van der Waals surface area contributed by atoms with Gasteiger partial charge in [0.2, 0.25) is 0 Å². The summed E-state index contributed by atoms with van der Waals surface area (Å²) in [5.41, 5.74) is 0.502. The number of hydrogen-bond acceptors (Lipinski definition) is 5. The van der Waals surface area contributed by atoms with E-state index in [2.05, 4.69) is 37.2 Å². The van der Waals surface area contributed by atoms with Crippen LogP contribution in [-0.2, 0) is 14.4 Å². The van der Waals surface area contributed by atoms with Gasteiger partial charge in [-0.05, 0) is 80.0 Å². The lowest BCUT2D eigenvalue weighted by atomic mass is 10.1. The Morgan fingerprint density at radius 2 is 1.87 bits per heavy atom. The molecule has 0 atom stereocenters. The Morgan fingerprint density at radius 3 is 2.48 bits per heavy atom. The lowest BCUT2D eigenvalue weighted by Crippen LogP contribution is -2.54. The van der Waals surface area contributed by atoms with Crippen molar-refractivity contribution in [1.29, 1.82) is 0 Å². The number of anilines is 1. The third kappa shape index (κ3) is 5.09. The van der Waals surface area contributed by atoms with E-state index in [0.29, 0.717) is 14.5 Å². The van der Waals surface area contributed by atoms with E-state index in [9.17, 15) is 14.4 Å². The number of benzene rings is 2. The predicted octanol–water partition coefficient (Wildman–Crippen LogP) is 4.81. The average molecular weight is 609 g/mol. The molecule has 0 saturated carbocycles. The number of carbonyl (C=O) groups excluding carboxylic acids is 2. The lowest BCUT2D eigenvalue weighted by molar-refractivity contribution is -0.139. The summed E-state index contributed by atoms with van der Waals surface area (Å²) in [7, 11) is 0. The molecule has 1 fully saturated rings. The second kappa shape index (κ2) is 9.66. The van der Waals surface area contributed by atoms with Crippen LogP contribution in [0.3, 0.4) is 0 Å². The quantitative estimate of drug-likeness (QED) is 0.287. The van der Waals surface area contributed by atoms with Crippen LogP contribution in [0.4, 0.5) is 5.69 Å². The maximum atomic E-state index is 13.1. The number of carboxylic acids is 1. The second-order valence-electron chi connectivity index (χ2n) is 6.03. The number of carbonyl (C=O) groups is 3. The number of nitrogens with zero attached hydrogens (tertiary/aromatic N) is 1. The fourth-order valence-electron chi connectivity index (χ4n) is 2.64. The van der Waals surface area contributed by atoms with E-state index in [-0.39, 0.29) is 32.2 Å². The van der Waals surface area contributed by atoms with Gasteiger partial charge in [-0.25, -0.2) is 4.79 Å². The first-order chi connectivity index (χ1) is 14.6. The zero-order valence-corrected chi connectivity index (χ0v) is 20.6. The van der Waals surface area contributed by atoms with E-state index < -0.39 is 24.4 Å². The molecule has 31 heavy (non-hydrogen) atoms. The number of amides is 2. The van der Waals surface area contributed by atoms with Crippen molar-refractivity contribution in [3.63, 3.8) is 0 Å². The molecule has 0 aliphatic carbocycles. The zero-order valence-electron chi connectivity index (χ0n) is 15.1. The van der Waals surface area contributed by atoms with Gasteiger partial charge in [0.15, 0.2) is 11.7 Å². The Balaban J connectivity index is 2.00. The van der Waals surface area contributed by atoms with Crippen LogP contribution in [0.15, 0.2) is 44.9 Å². The molecule has 2 N–H and O–H groups in total. The van der Waals surface area contributed by atoms with Gasteiger partial charge in [0.25, 0.3) is 11.8 Å². The maximum Gasteiger partial charge on any atom is 0.341 e. The van der Waals surface area contributed by atoms with Crippen LogP contribution in [0, 0.1) is 0 Å². The van der Waals surface area contributed by atoms with Crippen LogP contribution in [-0.4, -0.2) is 34.6 Å². The van der Waals surface area contributed by atoms with Crippen molar-refractivity contribution in [1.82, 2.24) is 5.32 Å². The molecule has 0 spiro atoms. The fraction of sp³-hybridized carbons (Fsp3) is 0.0526. The highest BCUT2D eigenvalue weighted by molar-refractivity contribution is 9.11. The Kier molecular flexibility index (Phi) is 7.38. The van der Waals surface area contributed by atoms with Crippen molar-refractivity contribution in [2.45, 2.75) is 0 Å². The average Bonchev–Trinajstić information content (AvgIpc) is 2.67. The molecular weight excluding hydrogens is 599 g/mol. The highest BCUT2D eigenvalue weighted by Gasteiger charge is 2.35. The van der Waals surface area contributed by atoms with Crippen molar-refractivity contribution in [3.8, 4) is 5.75 Å². The summed E-state index contributed by atoms with van der Waals surface area (Å²) in [5.74, 6) is -2.23. The van der Waals surface area contributed by atoms with E-state index in [1.54, 1.807) is 30.3 Å². The number of rotatable bonds is 5. The molecule has 1 saturated heterocycles. The molecule has 0 aromatic heterocycles. The summed E-state index contributed by atoms with van der Waals surface area (Å²) in [6, 6.07) is 7.85. The second-order valence-corrected chi connectivity index (χ2v) is 8.91. The van der Waals surface area contributed by atoms with E-state index >= 15 is 0 Å².